The van der Waals surface area contributed by atoms with Crippen molar-refractivity contribution in [1.82, 2.24) is 25.3 Å². The number of carbonyl (C=O) groups is 1. The van der Waals surface area contributed by atoms with Crippen LogP contribution in [0.2, 0.25) is 0 Å². The molecule has 2 aliphatic heterocycles. The largest absolute Gasteiger partial charge is 0.374 e. The number of morpholine rings is 1. The maximum atomic E-state index is 13.2. The first kappa shape index (κ1) is 23.8. The van der Waals surface area contributed by atoms with Gasteiger partial charge in [0.15, 0.2) is 0 Å². The Morgan fingerprint density at radius 3 is 2.82 bits per heavy atom. The third-order valence-electron chi connectivity index (χ3n) is 6.14. The first-order chi connectivity index (χ1) is 16.0. The van der Waals surface area contributed by atoms with Crippen molar-refractivity contribution in [2.45, 2.75) is 38.7 Å². The van der Waals surface area contributed by atoms with Crippen LogP contribution in [0.5, 0.6) is 0 Å². The standard InChI is InChI=1S/C24H34FN5O3/c1-17(2)13-30-10-11-32-21(15-30)12-26-22(31)16-29-9-3-4-19(14-29)24-27-23(28-33-24)18-5-7-20(25)8-6-18/h5-8,17,19,21H,3-4,9-16H2,1-2H3,(H,26,31). The summed E-state index contributed by atoms with van der Waals surface area (Å²) >= 11 is 0. The highest BCUT2D eigenvalue weighted by Crippen LogP contribution is 2.27. The Labute approximate surface area is 194 Å². The summed E-state index contributed by atoms with van der Waals surface area (Å²) in [4.78, 5) is 21.6. The van der Waals surface area contributed by atoms with Gasteiger partial charge < -0.3 is 14.6 Å². The number of nitrogens with zero attached hydrogens (tertiary/aromatic N) is 4. The van der Waals surface area contributed by atoms with E-state index >= 15 is 0 Å². The molecule has 0 spiro atoms. The van der Waals surface area contributed by atoms with Crippen LogP contribution in [0, 0.1) is 11.7 Å². The van der Waals surface area contributed by atoms with Gasteiger partial charge in [-0.15, -0.1) is 0 Å². The highest BCUT2D eigenvalue weighted by molar-refractivity contribution is 5.78. The fraction of sp³-hybridized carbons (Fsp3) is 0.625. The summed E-state index contributed by atoms with van der Waals surface area (Å²) in [5.41, 5.74) is 0.718. The molecule has 0 bridgehead atoms. The molecular weight excluding hydrogens is 425 g/mol. The second kappa shape index (κ2) is 11.2. The minimum Gasteiger partial charge on any atom is -0.374 e. The van der Waals surface area contributed by atoms with E-state index in [1.54, 1.807) is 12.1 Å². The number of piperidine rings is 1. The van der Waals surface area contributed by atoms with Gasteiger partial charge in [-0.05, 0) is 49.6 Å². The Morgan fingerprint density at radius 2 is 2.03 bits per heavy atom. The number of carbonyl (C=O) groups excluding carboxylic acids is 1. The van der Waals surface area contributed by atoms with E-state index < -0.39 is 0 Å². The molecule has 2 atom stereocenters. The average molecular weight is 460 g/mol. The molecule has 0 radical (unpaired) electrons. The number of aromatic nitrogens is 2. The van der Waals surface area contributed by atoms with Crippen LogP contribution >= 0.6 is 0 Å². The van der Waals surface area contributed by atoms with Gasteiger partial charge in [-0.2, -0.15) is 4.98 Å². The highest BCUT2D eigenvalue weighted by atomic mass is 19.1. The molecule has 1 N–H and O–H groups in total. The fourth-order valence-corrected chi connectivity index (χ4v) is 4.59. The third-order valence-corrected chi connectivity index (χ3v) is 6.14. The molecule has 3 heterocycles. The summed E-state index contributed by atoms with van der Waals surface area (Å²) in [6.45, 7) is 10.5. The zero-order valence-corrected chi connectivity index (χ0v) is 19.5. The van der Waals surface area contributed by atoms with Gasteiger partial charge in [-0.1, -0.05) is 19.0 Å². The topological polar surface area (TPSA) is 83.7 Å². The monoisotopic (exact) mass is 459 g/mol. The van der Waals surface area contributed by atoms with Crippen molar-refractivity contribution in [2.75, 3.05) is 52.4 Å². The SMILES string of the molecule is CC(C)CN1CCOC(CNC(=O)CN2CCCC(c3nc(-c4ccc(F)cc4)no3)C2)C1. The molecule has 2 aromatic rings. The second-order valence-corrected chi connectivity index (χ2v) is 9.49. The summed E-state index contributed by atoms with van der Waals surface area (Å²) in [6.07, 6.45) is 1.94. The number of hydrogen-bond donors (Lipinski definition) is 1. The molecule has 1 amide bonds. The zero-order valence-electron chi connectivity index (χ0n) is 19.5. The van der Waals surface area contributed by atoms with E-state index in [0.717, 1.165) is 44.6 Å². The van der Waals surface area contributed by atoms with Gasteiger partial charge in [0.05, 0.1) is 25.2 Å². The molecule has 0 saturated carbocycles. The maximum Gasteiger partial charge on any atom is 0.234 e. The second-order valence-electron chi connectivity index (χ2n) is 9.49. The zero-order chi connectivity index (χ0) is 23.2. The molecule has 2 unspecified atom stereocenters. The number of amides is 1. The molecule has 2 aliphatic rings. The van der Waals surface area contributed by atoms with Crippen LogP contribution in [-0.4, -0.2) is 84.4 Å². The van der Waals surface area contributed by atoms with Crippen molar-refractivity contribution in [2.24, 2.45) is 5.92 Å². The molecule has 0 aliphatic carbocycles. The van der Waals surface area contributed by atoms with Crippen LogP contribution in [0.15, 0.2) is 28.8 Å². The van der Waals surface area contributed by atoms with Crippen LogP contribution in [0.1, 0.15) is 38.5 Å². The van der Waals surface area contributed by atoms with Crippen molar-refractivity contribution in [3.05, 3.63) is 36.0 Å². The van der Waals surface area contributed by atoms with E-state index in [1.807, 2.05) is 0 Å². The summed E-state index contributed by atoms with van der Waals surface area (Å²) in [7, 11) is 0. The van der Waals surface area contributed by atoms with Gasteiger partial charge in [-0.3, -0.25) is 14.6 Å². The van der Waals surface area contributed by atoms with Gasteiger partial charge in [0.25, 0.3) is 0 Å². The Morgan fingerprint density at radius 1 is 1.21 bits per heavy atom. The molecule has 8 nitrogen and oxygen atoms in total. The van der Waals surface area contributed by atoms with Crippen LogP contribution in [0.25, 0.3) is 11.4 Å². The number of hydrogen-bond acceptors (Lipinski definition) is 7. The normalized spacial score (nSPS) is 22.5. The lowest BCUT2D eigenvalue weighted by molar-refractivity contribution is -0.123. The highest BCUT2D eigenvalue weighted by Gasteiger charge is 2.28. The molecule has 1 aromatic carbocycles. The Hall–Kier alpha value is -2.36. The predicted octanol–water partition coefficient (Wildman–Crippen LogP) is 2.53. The minimum atomic E-state index is -0.299. The number of halogens is 1. The van der Waals surface area contributed by atoms with E-state index in [4.69, 9.17) is 9.26 Å². The van der Waals surface area contributed by atoms with E-state index in [0.29, 0.717) is 43.9 Å². The molecule has 4 rings (SSSR count). The molecule has 180 valence electrons. The van der Waals surface area contributed by atoms with Crippen LogP contribution in [0.3, 0.4) is 0 Å². The molecule has 2 saturated heterocycles. The molecule has 2 fully saturated rings. The smallest absolute Gasteiger partial charge is 0.234 e. The Balaban J connectivity index is 1.24. The molecule has 33 heavy (non-hydrogen) atoms. The summed E-state index contributed by atoms with van der Waals surface area (Å²) < 4.78 is 24.5. The first-order valence-electron chi connectivity index (χ1n) is 11.9. The third kappa shape index (κ3) is 6.82. The number of ether oxygens (including phenoxy) is 1. The number of rotatable bonds is 8. The Bertz CT molecular complexity index is 904. The Kier molecular flexibility index (Phi) is 8.06. The number of nitrogens with one attached hydrogen (secondary N) is 1. The quantitative estimate of drug-likeness (QED) is 0.649. The fourth-order valence-electron chi connectivity index (χ4n) is 4.59. The van der Waals surface area contributed by atoms with Gasteiger partial charge in [0, 0.05) is 38.3 Å². The van der Waals surface area contributed by atoms with Crippen LogP contribution in [-0.2, 0) is 9.53 Å². The van der Waals surface area contributed by atoms with Crippen molar-refractivity contribution in [3.63, 3.8) is 0 Å². The summed E-state index contributed by atoms with van der Waals surface area (Å²) in [5, 5.41) is 7.10. The van der Waals surface area contributed by atoms with Crippen molar-refractivity contribution < 1.29 is 18.4 Å². The minimum absolute atomic E-state index is 0.0118. The number of benzene rings is 1. The van der Waals surface area contributed by atoms with Crippen molar-refractivity contribution in [3.8, 4) is 11.4 Å². The predicted molar refractivity (Wildman–Crippen MR) is 122 cm³/mol. The maximum absolute atomic E-state index is 13.2. The van der Waals surface area contributed by atoms with Gasteiger partial charge >= 0.3 is 0 Å². The van der Waals surface area contributed by atoms with Crippen LogP contribution in [0.4, 0.5) is 4.39 Å². The van der Waals surface area contributed by atoms with Crippen LogP contribution < -0.4 is 5.32 Å². The van der Waals surface area contributed by atoms with E-state index in [9.17, 15) is 9.18 Å². The van der Waals surface area contributed by atoms with Gasteiger partial charge in [0.1, 0.15) is 5.82 Å². The lowest BCUT2D eigenvalue weighted by Gasteiger charge is -2.34. The average Bonchev–Trinajstić information content (AvgIpc) is 3.29. The molecule has 9 heteroatoms. The molecular formula is C24H34FN5O3. The molecule has 1 aromatic heterocycles. The van der Waals surface area contributed by atoms with Crippen molar-refractivity contribution >= 4 is 5.91 Å². The lowest BCUT2D eigenvalue weighted by atomic mass is 9.98. The van der Waals surface area contributed by atoms with E-state index in [-0.39, 0.29) is 23.7 Å². The summed E-state index contributed by atoms with van der Waals surface area (Å²) in [5.74, 6) is 1.44. The van der Waals surface area contributed by atoms with E-state index in [2.05, 4.69) is 39.1 Å². The summed E-state index contributed by atoms with van der Waals surface area (Å²) in [6, 6.07) is 6.04. The van der Waals surface area contributed by atoms with Gasteiger partial charge in [0.2, 0.25) is 17.6 Å². The van der Waals surface area contributed by atoms with Gasteiger partial charge in [-0.25, -0.2) is 4.39 Å². The lowest BCUT2D eigenvalue weighted by Crippen LogP contribution is -2.50. The van der Waals surface area contributed by atoms with E-state index in [1.165, 1.54) is 12.1 Å². The van der Waals surface area contributed by atoms with Crippen molar-refractivity contribution in [1.29, 1.82) is 0 Å². The number of likely N-dealkylation sites (tertiary alicyclic amines) is 1. The first-order valence-corrected chi connectivity index (χ1v) is 11.9.